The highest BCUT2D eigenvalue weighted by atomic mass is 35.5. The lowest BCUT2D eigenvalue weighted by Crippen LogP contribution is -2.66. The van der Waals surface area contributed by atoms with Gasteiger partial charge in [-0.2, -0.15) is 0 Å². The van der Waals surface area contributed by atoms with E-state index in [2.05, 4.69) is 49.5 Å². The average molecular weight is 493 g/mol. The first-order valence-corrected chi connectivity index (χ1v) is 17.2. The molecule has 0 fully saturated rings. The molecule has 0 saturated heterocycles. The first kappa shape index (κ1) is 23.6. The summed E-state index contributed by atoms with van der Waals surface area (Å²) in [5.41, 5.74) is 3.75. The molecule has 168 valence electrons. The highest BCUT2D eigenvalue weighted by molar-refractivity contribution is 7.15. The molecular formula is C28H27ClF2Si2. The average Bonchev–Trinajstić information content (AvgIpc) is 2.84. The SMILES string of the molecule is C[Si](C)(C[Si](CCl)(c1ccc(F)cc1)c1ccccc1-c1ccccc1)c1ccc(F)cc1. The number of benzene rings is 4. The Hall–Kier alpha value is -2.54. The van der Waals surface area contributed by atoms with E-state index in [1.807, 2.05) is 42.5 Å². The summed E-state index contributed by atoms with van der Waals surface area (Å²) in [6, 6.07) is 32.7. The highest BCUT2D eigenvalue weighted by Crippen LogP contribution is 2.27. The molecule has 0 amide bonds. The number of hydrogen-bond donors (Lipinski definition) is 0. The number of rotatable bonds is 7. The summed E-state index contributed by atoms with van der Waals surface area (Å²) in [7, 11) is -4.58. The second-order valence-corrected chi connectivity index (χ2v) is 19.3. The normalized spacial score (nSPS) is 13.5. The maximum Gasteiger partial charge on any atom is 0.131 e. The lowest BCUT2D eigenvalue weighted by atomic mass is 10.1. The second kappa shape index (κ2) is 9.76. The summed E-state index contributed by atoms with van der Waals surface area (Å²) in [6.07, 6.45) is 0. The molecule has 0 radical (unpaired) electrons. The molecule has 33 heavy (non-hydrogen) atoms. The van der Waals surface area contributed by atoms with Crippen molar-refractivity contribution in [2.75, 3.05) is 5.50 Å². The minimum absolute atomic E-state index is 0.225. The summed E-state index contributed by atoms with van der Waals surface area (Å²) in [4.78, 5) is 0. The third-order valence-electron chi connectivity index (χ3n) is 6.52. The van der Waals surface area contributed by atoms with Gasteiger partial charge in [0, 0.05) is 5.50 Å². The summed E-state index contributed by atoms with van der Waals surface area (Å²) < 4.78 is 27.6. The van der Waals surface area contributed by atoms with Crippen LogP contribution in [0.4, 0.5) is 8.78 Å². The Labute approximate surface area is 201 Å². The maximum absolute atomic E-state index is 13.9. The minimum atomic E-state index is -2.54. The fourth-order valence-corrected chi connectivity index (χ4v) is 19.0. The van der Waals surface area contributed by atoms with E-state index in [1.54, 1.807) is 24.3 Å². The molecular weight excluding hydrogens is 466 g/mol. The predicted molar refractivity (Wildman–Crippen MR) is 142 cm³/mol. The third kappa shape index (κ3) is 4.88. The molecule has 4 rings (SSSR count). The van der Waals surface area contributed by atoms with Gasteiger partial charge < -0.3 is 0 Å². The number of hydrogen-bond acceptors (Lipinski definition) is 0. The smallest absolute Gasteiger partial charge is 0.131 e. The van der Waals surface area contributed by atoms with E-state index in [0.717, 1.165) is 16.4 Å². The Bertz CT molecular complexity index is 1210. The van der Waals surface area contributed by atoms with E-state index in [-0.39, 0.29) is 11.6 Å². The molecule has 0 aromatic heterocycles. The van der Waals surface area contributed by atoms with Crippen LogP contribution in [-0.4, -0.2) is 21.7 Å². The molecule has 0 saturated carbocycles. The van der Waals surface area contributed by atoms with Gasteiger partial charge in [-0.05, 0) is 46.2 Å². The van der Waals surface area contributed by atoms with Crippen LogP contribution in [0.25, 0.3) is 11.1 Å². The van der Waals surface area contributed by atoms with Gasteiger partial charge in [0.1, 0.15) is 19.7 Å². The fraction of sp³-hybridized carbons (Fsp3) is 0.143. The van der Waals surface area contributed by atoms with Crippen molar-refractivity contribution in [3.63, 3.8) is 0 Å². The van der Waals surface area contributed by atoms with Gasteiger partial charge in [-0.25, -0.2) is 8.78 Å². The van der Waals surface area contributed by atoms with Crippen molar-refractivity contribution in [3.05, 3.63) is 115 Å². The van der Waals surface area contributed by atoms with Gasteiger partial charge >= 0.3 is 0 Å². The van der Waals surface area contributed by atoms with Crippen molar-refractivity contribution in [1.29, 1.82) is 0 Å². The summed E-state index contributed by atoms with van der Waals surface area (Å²) in [5, 5.41) is 3.59. The largest absolute Gasteiger partial charge is 0.207 e. The van der Waals surface area contributed by atoms with Crippen LogP contribution in [0.3, 0.4) is 0 Å². The van der Waals surface area contributed by atoms with Crippen LogP contribution < -0.4 is 15.6 Å². The molecule has 0 N–H and O–H groups in total. The lowest BCUT2D eigenvalue weighted by Gasteiger charge is -2.39. The van der Waals surface area contributed by atoms with Crippen molar-refractivity contribution >= 4 is 43.3 Å². The van der Waals surface area contributed by atoms with Crippen molar-refractivity contribution in [1.82, 2.24) is 0 Å². The molecule has 5 heteroatoms. The third-order valence-corrected chi connectivity index (χ3v) is 19.1. The number of alkyl halides is 1. The molecule has 4 aromatic carbocycles. The van der Waals surface area contributed by atoms with Crippen molar-refractivity contribution < 1.29 is 8.78 Å². The molecule has 4 aromatic rings. The van der Waals surface area contributed by atoms with Crippen LogP contribution in [-0.2, 0) is 0 Å². The molecule has 0 aliphatic heterocycles. The van der Waals surface area contributed by atoms with Gasteiger partial charge in [0.2, 0.25) is 0 Å². The zero-order valence-corrected chi connectivity index (χ0v) is 21.6. The molecule has 0 aliphatic carbocycles. The van der Waals surface area contributed by atoms with E-state index in [4.69, 9.17) is 11.6 Å². The highest BCUT2D eigenvalue weighted by Gasteiger charge is 2.44. The van der Waals surface area contributed by atoms with Crippen LogP contribution in [0.1, 0.15) is 0 Å². The van der Waals surface area contributed by atoms with Gasteiger partial charge in [0.25, 0.3) is 0 Å². The maximum atomic E-state index is 13.9. The topological polar surface area (TPSA) is 0 Å². The van der Waals surface area contributed by atoms with Crippen LogP contribution >= 0.6 is 11.6 Å². The van der Waals surface area contributed by atoms with Crippen LogP contribution in [0.5, 0.6) is 0 Å². The van der Waals surface area contributed by atoms with Crippen molar-refractivity contribution in [2.24, 2.45) is 0 Å². The predicted octanol–water partition coefficient (Wildman–Crippen LogP) is 6.13. The molecule has 0 heterocycles. The summed E-state index contributed by atoms with van der Waals surface area (Å²) in [5.74, 6) is -0.472. The van der Waals surface area contributed by atoms with E-state index in [9.17, 15) is 8.78 Å². The van der Waals surface area contributed by atoms with E-state index in [0.29, 0.717) is 5.50 Å². The fourth-order valence-electron chi connectivity index (χ4n) is 4.85. The van der Waals surface area contributed by atoms with Gasteiger partial charge in [0.05, 0.1) is 8.07 Å². The molecule has 0 nitrogen and oxygen atoms in total. The van der Waals surface area contributed by atoms with Gasteiger partial charge in [-0.15, -0.1) is 11.6 Å². The molecule has 1 atom stereocenters. The Kier molecular flexibility index (Phi) is 6.98. The summed E-state index contributed by atoms with van der Waals surface area (Å²) in [6.45, 7) is 4.65. The zero-order valence-electron chi connectivity index (χ0n) is 18.9. The Morgan fingerprint density at radius 2 is 1.15 bits per heavy atom. The van der Waals surface area contributed by atoms with E-state index < -0.39 is 16.1 Å². The number of halogens is 3. The van der Waals surface area contributed by atoms with Crippen molar-refractivity contribution in [2.45, 2.75) is 18.8 Å². The Morgan fingerprint density at radius 1 is 0.636 bits per heavy atom. The first-order valence-electron chi connectivity index (χ1n) is 11.1. The minimum Gasteiger partial charge on any atom is -0.207 e. The van der Waals surface area contributed by atoms with Gasteiger partial charge in [-0.1, -0.05) is 102 Å². The zero-order chi connectivity index (χ0) is 23.5. The van der Waals surface area contributed by atoms with Crippen LogP contribution in [0.2, 0.25) is 18.8 Å². The first-order chi connectivity index (χ1) is 15.9. The second-order valence-electron chi connectivity index (χ2n) is 9.20. The van der Waals surface area contributed by atoms with E-state index in [1.165, 1.54) is 15.9 Å². The Morgan fingerprint density at radius 3 is 1.73 bits per heavy atom. The van der Waals surface area contributed by atoms with Crippen LogP contribution in [0, 0.1) is 11.6 Å². The monoisotopic (exact) mass is 492 g/mol. The standard InChI is InChI=1S/C28H27ClF2Si2/c1-32(2,25-16-12-23(30)13-17-25)21-33(20-29,26-18-14-24(31)15-19-26)28-11-7-6-10-27(28)22-8-4-3-5-9-22/h3-19H,20-21H2,1-2H3. The molecule has 0 aliphatic rings. The van der Waals surface area contributed by atoms with Crippen LogP contribution in [0.15, 0.2) is 103 Å². The molecule has 0 spiro atoms. The summed E-state index contributed by atoms with van der Waals surface area (Å²) >= 11 is 6.94. The van der Waals surface area contributed by atoms with Crippen molar-refractivity contribution in [3.8, 4) is 11.1 Å². The van der Waals surface area contributed by atoms with E-state index >= 15 is 0 Å². The quantitative estimate of drug-likeness (QED) is 0.215. The van der Waals surface area contributed by atoms with Gasteiger partial charge in [0.15, 0.2) is 0 Å². The lowest BCUT2D eigenvalue weighted by molar-refractivity contribution is 0.628. The molecule has 1 unspecified atom stereocenters. The Balaban J connectivity index is 1.93. The van der Waals surface area contributed by atoms with Gasteiger partial charge in [-0.3, -0.25) is 0 Å². The molecule has 0 bridgehead atoms.